The third-order valence-electron chi connectivity index (χ3n) is 4.12. The first-order valence-electron chi connectivity index (χ1n) is 7.59. The number of fused-ring (bicyclic) bond motifs is 1. The van der Waals surface area contributed by atoms with Crippen LogP contribution in [0.15, 0.2) is 12.7 Å². The fraction of sp³-hybridized carbons (Fsp3) is 0.643. The van der Waals surface area contributed by atoms with E-state index in [0.29, 0.717) is 22.2 Å². The molecule has 5 atom stereocenters. The number of aromatic nitrogens is 4. The number of nitrogen functional groups attached to an aromatic ring is 1. The molecule has 3 rings (SSSR count). The number of hydrogen-bond donors (Lipinski definition) is 3. The van der Waals surface area contributed by atoms with E-state index < -0.39 is 24.5 Å². The Labute approximate surface area is 138 Å². The minimum Gasteiger partial charge on any atom is -0.387 e. The van der Waals surface area contributed by atoms with Crippen LogP contribution in [-0.4, -0.2) is 59.0 Å². The third kappa shape index (κ3) is 3.01. The standard InChI is InChI=1S/C14H21N5O3S/c1-3-7(2)23-4-8-10(20)11(21)14(22-8)19-6-18-9-12(15)16-5-17-13(9)19/h5-8,10-11,14,20-21H,3-4H2,1-2H3,(H2,15,16,17)/t7?,8-,10-,11-,14-/m1/s1. The van der Waals surface area contributed by atoms with Crippen LogP contribution < -0.4 is 5.73 Å². The molecule has 3 heterocycles. The van der Waals surface area contributed by atoms with E-state index in [-0.39, 0.29) is 5.82 Å². The van der Waals surface area contributed by atoms with Gasteiger partial charge in [-0.25, -0.2) is 15.0 Å². The van der Waals surface area contributed by atoms with E-state index in [9.17, 15) is 10.2 Å². The first kappa shape index (κ1) is 16.4. The van der Waals surface area contributed by atoms with Gasteiger partial charge < -0.3 is 20.7 Å². The van der Waals surface area contributed by atoms with Crippen LogP contribution in [-0.2, 0) is 4.74 Å². The van der Waals surface area contributed by atoms with Gasteiger partial charge in [0, 0.05) is 11.0 Å². The van der Waals surface area contributed by atoms with Crippen LogP contribution in [0.25, 0.3) is 11.2 Å². The van der Waals surface area contributed by atoms with Crippen molar-refractivity contribution >= 4 is 28.7 Å². The van der Waals surface area contributed by atoms with E-state index in [1.165, 1.54) is 12.7 Å². The SMILES string of the molecule is CCC(C)SC[C@H]1O[C@@H](n2cnc3c(N)ncnc32)[C@H](O)[C@@H]1O. The third-order valence-corrected chi connectivity index (χ3v) is 5.54. The summed E-state index contributed by atoms with van der Waals surface area (Å²) in [6, 6.07) is 0. The summed E-state index contributed by atoms with van der Waals surface area (Å²) in [5.74, 6) is 0.888. The maximum atomic E-state index is 10.3. The Morgan fingerprint density at radius 3 is 2.87 bits per heavy atom. The maximum Gasteiger partial charge on any atom is 0.167 e. The molecule has 2 aromatic heterocycles. The smallest absolute Gasteiger partial charge is 0.167 e. The van der Waals surface area contributed by atoms with Gasteiger partial charge >= 0.3 is 0 Å². The van der Waals surface area contributed by atoms with Crippen LogP contribution in [0.3, 0.4) is 0 Å². The monoisotopic (exact) mass is 339 g/mol. The molecule has 0 aliphatic carbocycles. The van der Waals surface area contributed by atoms with Gasteiger partial charge in [0.1, 0.15) is 24.1 Å². The van der Waals surface area contributed by atoms with Crippen molar-refractivity contribution in [2.24, 2.45) is 0 Å². The average Bonchev–Trinajstić information content (AvgIpc) is 3.09. The lowest BCUT2D eigenvalue weighted by atomic mass is 10.1. The molecular weight excluding hydrogens is 318 g/mol. The lowest BCUT2D eigenvalue weighted by molar-refractivity contribution is -0.0289. The van der Waals surface area contributed by atoms with Gasteiger partial charge in [-0.15, -0.1) is 0 Å². The molecule has 0 saturated carbocycles. The van der Waals surface area contributed by atoms with Crippen molar-refractivity contribution < 1.29 is 14.9 Å². The van der Waals surface area contributed by atoms with Crippen LogP contribution >= 0.6 is 11.8 Å². The molecule has 23 heavy (non-hydrogen) atoms. The Hall–Kier alpha value is -1.42. The number of nitrogens with two attached hydrogens (primary N) is 1. The molecule has 1 aliphatic rings. The quantitative estimate of drug-likeness (QED) is 0.723. The van der Waals surface area contributed by atoms with Crippen molar-refractivity contribution in [1.82, 2.24) is 19.5 Å². The van der Waals surface area contributed by atoms with E-state index in [2.05, 4.69) is 28.8 Å². The second kappa shape index (κ2) is 6.60. The van der Waals surface area contributed by atoms with Gasteiger partial charge in [0.25, 0.3) is 0 Å². The summed E-state index contributed by atoms with van der Waals surface area (Å²) in [6.07, 6.45) is 0.698. The summed E-state index contributed by atoms with van der Waals surface area (Å²) < 4.78 is 7.47. The molecule has 8 nitrogen and oxygen atoms in total. The van der Waals surface area contributed by atoms with Gasteiger partial charge in [-0.1, -0.05) is 13.8 Å². The van der Waals surface area contributed by atoms with Crippen LogP contribution in [0, 0.1) is 0 Å². The Morgan fingerprint density at radius 1 is 1.35 bits per heavy atom. The van der Waals surface area contributed by atoms with Gasteiger partial charge in [-0.05, 0) is 6.42 Å². The average molecular weight is 339 g/mol. The predicted octanol–water partition coefficient (Wildman–Crippen LogP) is 0.559. The van der Waals surface area contributed by atoms with E-state index in [1.54, 1.807) is 16.3 Å². The summed E-state index contributed by atoms with van der Waals surface area (Å²) >= 11 is 1.72. The topological polar surface area (TPSA) is 119 Å². The van der Waals surface area contributed by atoms with Gasteiger partial charge in [-0.3, -0.25) is 4.57 Å². The van der Waals surface area contributed by atoms with Gasteiger partial charge in [0.2, 0.25) is 0 Å². The number of thioether (sulfide) groups is 1. The molecule has 4 N–H and O–H groups in total. The predicted molar refractivity (Wildman–Crippen MR) is 87.9 cm³/mol. The number of rotatable bonds is 5. The van der Waals surface area contributed by atoms with Crippen LogP contribution in [0.4, 0.5) is 5.82 Å². The lowest BCUT2D eigenvalue weighted by Gasteiger charge is -2.17. The highest BCUT2D eigenvalue weighted by molar-refractivity contribution is 7.99. The number of imidazole rings is 1. The van der Waals surface area contributed by atoms with Crippen molar-refractivity contribution in [2.45, 2.75) is 50.1 Å². The zero-order chi connectivity index (χ0) is 16.6. The van der Waals surface area contributed by atoms with Crippen molar-refractivity contribution in [2.75, 3.05) is 11.5 Å². The number of ether oxygens (including phenoxy) is 1. The van der Waals surface area contributed by atoms with Crippen molar-refractivity contribution in [1.29, 1.82) is 0 Å². The minimum absolute atomic E-state index is 0.269. The zero-order valence-corrected chi connectivity index (χ0v) is 13.8. The highest BCUT2D eigenvalue weighted by atomic mass is 32.2. The molecule has 0 bridgehead atoms. The number of aliphatic hydroxyl groups excluding tert-OH is 2. The number of anilines is 1. The maximum absolute atomic E-state index is 10.3. The second-order valence-electron chi connectivity index (χ2n) is 5.68. The fourth-order valence-electron chi connectivity index (χ4n) is 2.53. The number of hydrogen-bond acceptors (Lipinski definition) is 8. The molecule has 1 aliphatic heterocycles. The van der Waals surface area contributed by atoms with Gasteiger partial charge in [-0.2, -0.15) is 11.8 Å². The molecule has 1 fully saturated rings. The van der Waals surface area contributed by atoms with E-state index in [1.807, 2.05) is 0 Å². The van der Waals surface area contributed by atoms with Gasteiger partial charge in [0.15, 0.2) is 17.7 Å². The largest absolute Gasteiger partial charge is 0.387 e. The molecular formula is C14H21N5O3S. The van der Waals surface area contributed by atoms with Crippen LogP contribution in [0.5, 0.6) is 0 Å². The molecule has 2 aromatic rings. The summed E-state index contributed by atoms with van der Waals surface area (Å²) in [4.78, 5) is 12.2. The number of aliphatic hydroxyl groups is 2. The van der Waals surface area contributed by atoms with E-state index in [4.69, 9.17) is 10.5 Å². The summed E-state index contributed by atoms with van der Waals surface area (Å²) in [6.45, 7) is 4.24. The van der Waals surface area contributed by atoms with Crippen molar-refractivity contribution in [3.63, 3.8) is 0 Å². The summed E-state index contributed by atoms with van der Waals surface area (Å²) in [5.41, 5.74) is 6.70. The molecule has 1 unspecified atom stereocenters. The molecule has 126 valence electrons. The van der Waals surface area contributed by atoms with Crippen molar-refractivity contribution in [3.05, 3.63) is 12.7 Å². The molecule has 0 amide bonds. The number of nitrogens with zero attached hydrogens (tertiary/aromatic N) is 4. The fourth-order valence-corrected chi connectivity index (χ4v) is 3.56. The van der Waals surface area contributed by atoms with Gasteiger partial charge in [0.05, 0.1) is 12.4 Å². The highest BCUT2D eigenvalue weighted by Crippen LogP contribution is 2.34. The van der Waals surface area contributed by atoms with Crippen molar-refractivity contribution in [3.8, 4) is 0 Å². The van der Waals surface area contributed by atoms with Crippen LogP contribution in [0.1, 0.15) is 26.5 Å². The summed E-state index contributed by atoms with van der Waals surface area (Å²) in [7, 11) is 0. The molecule has 0 spiro atoms. The zero-order valence-electron chi connectivity index (χ0n) is 13.0. The lowest BCUT2D eigenvalue weighted by Crippen LogP contribution is -2.32. The Bertz CT molecular complexity index is 681. The Morgan fingerprint density at radius 2 is 2.13 bits per heavy atom. The molecule has 0 radical (unpaired) electrons. The molecule has 9 heteroatoms. The van der Waals surface area contributed by atoms with Crippen LogP contribution in [0.2, 0.25) is 0 Å². The minimum atomic E-state index is -1.05. The molecule has 1 saturated heterocycles. The normalized spacial score (nSPS) is 29.2. The Balaban J connectivity index is 1.81. The first-order chi connectivity index (χ1) is 11.0. The second-order valence-corrected chi connectivity index (χ2v) is 7.15. The Kier molecular flexibility index (Phi) is 4.72. The highest BCUT2D eigenvalue weighted by Gasteiger charge is 2.44. The van der Waals surface area contributed by atoms with E-state index in [0.717, 1.165) is 6.42 Å². The molecule has 0 aromatic carbocycles. The summed E-state index contributed by atoms with van der Waals surface area (Å²) in [5, 5.41) is 21.1. The first-order valence-corrected chi connectivity index (χ1v) is 8.64. The van der Waals surface area contributed by atoms with E-state index >= 15 is 0 Å².